The van der Waals surface area contributed by atoms with Crippen molar-refractivity contribution in [3.05, 3.63) is 11.2 Å². The van der Waals surface area contributed by atoms with Gasteiger partial charge in [-0.1, -0.05) is 49.5 Å². The van der Waals surface area contributed by atoms with E-state index in [2.05, 4.69) is 27.1 Å². The molecule has 2 amide bonds. The summed E-state index contributed by atoms with van der Waals surface area (Å²) in [5, 5.41) is 3.78. The minimum absolute atomic E-state index is 0.0182. The Labute approximate surface area is 176 Å². The van der Waals surface area contributed by atoms with E-state index >= 15 is 0 Å². The number of hydrogen-bond acceptors (Lipinski definition) is 6. The number of unbranched alkanes of at least 4 members (excludes halogenated alkanes) is 3. The molecule has 1 aromatic heterocycles. The van der Waals surface area contributed by atoms with Gasteiger partial charge in [-0.2, -0.15) is 0 Å². The van der Waals surface area contributed by atoms with E-state index in [0.717, 1.165) is 18.7 Å². The van der Waals surface area contributed by atoms with Crippen LogP contribution in [0, 0.1) is 0 Å². The molecule has 1 aliphatic rings. The third kappa shape index (κ3) is 7.13. The van der Waals surface area contributed by atoms with Crippen LogP contribution in [0.2, 0.25) is 5.15 Å². The lowest BCUT2D eigenvalue weighted by atomic mass is 10.2. The molecule has 1 unspecified atom stereocenters. The first-order chi connectivity index (χ1) is 13.4. The topological polar surface area (TPSA) is 78.4 Å². The van der Waals surface area contributed by atoms with E-state index in [4.69, 9.17) is 11.6 Å². The minimum Gasteiger partial charge on any atom is -0.355 e. The molecule has 1 aromatic rings. The molecule has 1 N–H and O–H groups in total. The summed E-state index contributed by atoms with van der Waals surface area (Å²) in [6, 6.07) is 1.84. The number of anilines is 1. The van der Waals surface area contributed by atoms with Gasteiger partial charge in [0.2, 0.25) is 11.8 Å². The predicted molar refractivity (Wildman–Crippen MR) is 114 cm³/mol. The van der Waals surface area contributed by atoms with Crippen molar-refractivity contribution >= 4 is 41.0 Å². The molecule has 0 aliphatic carbocycles. The van der Waals surface area contributed by atoms with Gasteiger partial charge in [-0.25, -0.2) is 9.97 Å². The van der Waals surface area contributed by atoms with Gasteiger partial charge in [0.25, 0.3) is 0 Å². The molecule has 0 saturated carbocycles. The van der Waals surface area contributed by atoms with Crippen LogP contribution in [0.4, 0.5) is 5.82 Å². The Hall–Kier alpha value is -1.54. The molecule has 1 atom stereocenters. The normalized spacial score (nSPS) is 16.9. The fraction of sp³-hybridized carbons (Fsp3) is 0.684. The van der Waals surface area contributed by atoms with Crippen molar-refractivity contribution < 1.29 is 9.59 Å². The molecule has 7 nitrogen and oxygen atoms in total. The van der Waals surface area contributed by atoms with Crippen molar-refractivity contribution in [1.29, 1.82) is 0 Å². The number of thioether (sulfide) groups is 1. The van der Waals surface area contributed by atoms with Crippen LogP contribution in [-0.4, -0.2) is 64.7 Å². The summed E-state index contributed by atoms with van der Waals surface area (Å²) in [5.74, 6) is 1.07. The molecule has 1 aliphatic heterocycles. The van der Waals surface area contributed by atoms with Gasteiger partial charge in [-0.05, 0) is 13.3 Å². The predicted octanol–water partition coefficient (Wildman–Crippen LogP) is 2.98. The third-order valence-electron chi connectivity index (χ3n) is 4.70. The van der Waals surface area contributed by atoms with Crippen molar-refractivity contribution in [1.82, 2.24) is 20.2 Å². The van der Waals surface area contributed by atoms with Crippen molar-refractivity contribution in [2.24, 2.45) is 0 Å². The monoisotopic (exact) mass is 427 g/mol. The molecule has 0 aromatic carbocycles. The average Bonchev–Trinajstić information content (AvgIpc) is 2.65. The number of nitrogens with zero attached hydrogens (tertiary/aromatic N) is 4. The van der Waals surface area contributed by atoms with E-state index in [-0.39, 0.29) is 23.6 Å². The van der Waals surface area contributed by atoms with Crippen LogP contribution in [0.1, 0.15) is 46.5 Å². The second kappa shape index (κ2) is 11.5. The molecular weight excluding hydrogens is 398 g/mol. The zero-order chi connectivity index (χ0) is 20.5. The molecule has 1 fully saturated rings. The largest absolute Gasteiger partial charge is 0.355 e. The third-order valence-corrected chi connectivity index (χ3v) is 5.74. The quantitative estimate of drug-likeness (QED) is 0.282. The molecule has 28 heavy (non-hydrogen) atoms. The molecule has 9 heteroatoms. The number of carbonyl (C=O) groups excluding carboxylic acids is 2. The fourth-order valence-electron chi connectivity index (χ4n) is 3.21. The van der Waals surface area contributed by atoms with E-state index in [1.165, 1.54) is 24.6 Å². The number of amides is 2. The average molecular weight is 428 g/mol. The highest BCUT2D eigenvalue weighted by Crippen LogP contribution is 2.24. The van der Waals surface area contributed by atoms with E-state index in [0.29, 0.717) is 36.5 Å². The molecular formula is C19H30ClN5O2S. The Balaban J connectivity index is 1.87. The maximum atomic E-state index is 12.0. The van der Waals surface area contributed by atoms with Crippen LogP contribution >= 0.6 is 23.4 Å². The molecule has 2 heterocycles. The van der Waals surface area contributed by atoms with Gasteiger partial charge >= 0.3 is 0 Å². The first-order valence-electron chi connectivity index (χ1n) is 9.87. The highest BCUT2D eigenvalue weighted by molar-refractivity contribution is 7.99. The molecule has 2 rings (SSSR count). The maximum absolute atomic E-state index is 12.0. The summed E-state index contributed by atoms with van der Waals surface area (Å²) >= 11 is 7.46. The molecule has 0 radical (unpaired) electrons. The van der Waals surface area contributed by atoms with Crippen molar-refractivity contribution in [2.75, 3.05) is 36.8 Å². The lowest BCUT2D eigenvalue weighted by Crippen LogP contribution is -2.53. The summed E-state index contributed by atoms with van der Waals surface area (Å²) < 4.78 is 0. The van der Waals surface area contributed by atoms with Gasteiger partial charge in [-0.3, -0.25) is 9.59 Å². The molecule has 1 saturated heterocycles. The zero-order valence-electron chi connectivity index (χ0n) is 16.9. The van der Waals surface area contributed by atoms with Crippen LogP contribution in [-0.2, 0) is 9.59 Å². The van der Waals surface area contributed by atoms with Crippen LogP contribution < -0.4 is 10.2 Å². The highest BCUT2D eigenvalue weighted by Gasteiger charge is 2.26. The van der Waals surface area contributed by atoms with Gasteiger partial charge in [-0.15, -0.1) is 0 Å². The lowest BCUT2D eigenvalue weighted by Gasteiger charge is -2.40. The summed E-state index contributed by atoms with van der Waals surface area (Å²) in [6.07, 6.45) is 4.52. The Morgan fingerprint density at radius 2 is 2.07 bits per heavy atom. The van der Waals surface area contributed by atoms with Gasteiger partial charge in [0, 0.05) is 45.2 Å². The number of halogens is 1. The standard InChI is InChI=1S/C19H30ClN5O2S/c1-4-5-6-7-8-21-18(27)13-28-19-22-16(20)11-17(23-19)24-9-10-25(15(3)26)14(2)12-24/h11,14H,4-10,12-13H2,1-3H3,(H,21,27). The zero-order valence-corrected chi connectivity index (χ0v) is 18.5. The van der Waals surface area contributed by atoms with E-state index in [9.17, 15) is 9.59 Å². The van der Waals surface area contributed by atoms with Crippen molar-refractivity contribution in [3.8, 4) is 0 Å². The molecule has 0 spiro atoms. The number of carbonyl (C=O) groups is 2. The Bertz CT molecular complexity index is 676. The first kappa shape index (κ1) is 22.7. The second-order valence-electron chi connectivity index (χ2n) is 7.04. The molecule has 156 valence electrons. The van der Waals surface area contributed by atoms with Crippen LogP contribution in [0.25, 0.3) is 0 Å². The Morgan fingerprint density at radius 3 is 2.75 bits per heavy atom. The number of aromatic nitrogens is 2. The van der Waals surface area contributed by atoms with Crippen LogP contribution in [0.15, 0.2) is 11.2 Å². The van der Waals surface area contributed by atoms with Gasteiger partial charge in [0.15, 0.2) is 5.16 Å². The Kier molecular flexibility index (Phi) is 9.31. The smallest absolute Gasteiger partial charge is 0.230 e. The highest BCUT2D eigenvalue weighted by atomic mass is 35.5. The van der Waals surface area contributed by atoms with Crippen LogP contribution in [0.5, 0.6) is 0 Å². The summed E-state index contributed by atoms with van der Waals surface area (Å²) in [7, 11) is 0. The van der Waals surface area contributed by atoms with E-state index in [1.54, 1.807) is 13.0 Å². The van der Waals surface area contributed by atoms with Gasteiger partial charge in [0.1, 0.15) is 11.0 Å². The number of nitrogens with one attached hydrogen (secondary N) is 1. The lowest BCUT2D eigenvalue weighted by molar-refractivity contribution is -0.131. The Morgan fingerprint density at radius 1 is 1.29 bits per heavy atom. The van der Waals surface area contributed by atoms with Crippen molar-refractivity contribution in [2.45, 2.75) is 57.7 Å². The first-order valence-corrected chi connectivity index (χ1v) is 11.2. The minimum atomic E-state index is -0.0182. The fourth-order valence-corrected chi connectivity index (χ4v) is 4.12. The van der Waals surface area contributed by atoms with Crippen molar-refractivity contribution in [3.63, 3.8) is 0 Å². The summed E-state index contributed by atoms with van der Waals surface area (Å²) in [5.41, 5.74) is 0. The second-order valence-corrected chi connectivity index (χ2v) is 8.37. The molecule has 0 bridgehead atoms. The summed E-state index contributed by atoms with van der Waals surface area (Å²) in [6.45, 7) is 8.53. The van der Waals surface area contributed by atoms with E-state index in [1.807, 2.05) is 11.8 Å². The van der Waals surface area contributed by atoms with Gasteiger partial charge < -0.3 is 15.1 Å². The number of rotatable bonds is 9. The van der Waals surface area contributed by atoms with Gasteiger partial charge in [0.05, 0.1) is 5.75 Å². The SMILES string of the molecule is CCCCCCNC(=O)CSc1nc(Cl)cc(N2CCN(C(C)=O)C(C)C2)n1. The van der Waals surface area contributed by atoms with Crippen LogP contribution in [0.3, 0.4) is 0 Å². The number of piperazine rings is 1. The maximum Gasteiger partial charge on any atom is 0.230 e. The number of hydrogen-bond donors (Lipinski definition) is 1. The van der Waals surface area contributed by atoms with E-state index < -0.39 is 0 Å². The summed E-state index contributed by atoms with van der Waals surface area (Å²) in [4.78, 5) is 36.4.